The van der Waals surface area contributed by atoms with Gasteiger partial charge in [0.2, 0.25) is 0 Å². The summed E-state index contributed by atoms with van der Waals surface area (Å²) in [5.74, 6) is 5.97. The van der Waals surface area contributed by atoms with Crippen LogP contribution in [-0.2, 0) is 0 Å². The number of rotatable bonds is 1. The monoisotopic (exact) mass is 257 g/mol. The maximum atomic E-state index is 5.78. The van der Waals surface area contributed by atoms with Gasteiger partial charge in [-0.25, -0.2) is 0 Å². The fourth-order valence-electron chi connectivity index (χ4n) is 0.821. The zero-order valence-electron chi connectivity index (χ0n) is 6.98. The Labute approximate surface area is 91.4 Å². The van der Waals surface area contributed by atoms with Crippen molar-refractivity contribution in [2.45, 2.75) is 6.42 Å². The van der Waals surface area contributed by atoms with Crippen LogP contribution in [-0.4, -0.2) is 6.54 Å². The first-order chi connectivity index (χ1) is 6.24. The summed E-state index contributed by atoms with van der Waals surface area (Å²) in [5.41, 5.74) is 6.26. The maximum Gasteiger partial charge on any atom is 0.0418 e. The van der Waals surface area contributed by atoms with Crippen LogP contribution in [0.25, 0.3) is 0 Å². The SMILES string of the molecule is NCCC#Cc1ccc(Cl)cc1Br. The Hall–Kier alpha value is -0.490. The van der Waals surface area contributed by atoms with Crippen molar-refractivity contribution in [3.8, 4) is 11.8 Å². The normalized spacial score (nSPS) is 9.15. The Balaban J connectivity index is 2.85. The topological polar surface area (TPSA) is 26.0 Å². The average molecular weight is 259 g/mol. The lowest BCUT2D eigenvalue weighted by atomic mass is 10.2. The second-order valence-corrected chi connectivity index (χ2v) is 3.76. The summed E-state index contributed by atoms with van der Waals surface area (Å²) < 4.78 is 0.921. The first-order valence-corrected chi connectivity index (χ1v) is 5.05. The van der Waals surface area contributed by atoms with Crippen molar-refractivity contribution < 1.29 is 0 Å². The third kappa shape index (κ3) is 3.40. The third-order valence-electron chi connectivity index (χ3n) is 1.42. The molecule has 0 aliphatic heterocycles. The molecule has 1 rings (SSSR count). The molecule has 0 aliphatic rings. The van der Waals surface area contributed by atoms with Gasteiger partial charge in [0.1, 0.15) is 0 Å². The second kappa shape index (κ2) is 5.29. The highest BCUT2D eigenvalue weighted by atomic mass is 79.9. The molecule has 68 valence electrons. The summed E-state index contributed by atoms with van der Waals surface area (Å²) in [6.45, 7) is 0.595. The third-order valence-corrected chi connectivity index (χ3v) is 2.31. The van der Waals surface area contributed by atoms with Crippen molar-refractivity contribution in [1.29, 1.82) is 0 Å². The van der Waals surface area contributed by atoms with E-state index >= 15 is 0 Å². The molecule has 0 heterocycles. The van der Waals surface area contributed by atoms with E-state index in [1.165, 1.54) is 0 Å². The van der Waals surface area contributed by atoms with Gasteiger partial charge in [0.25, 0.3) is 0 Å². The van der Waals surface area contributed by atoms with E-state index in [0.29, 0.717) is 11.6 Å². The van der Waals surface area contributed by atoms with Crippen molar-refractivity contribution >= 4 is 27.5 Å². The van der Waals surface area contributed by atoms with E-state index in [1.807, 2.05) is 18.2 Å². The number of hydrogen-bond donors (Lipinski definition) is 1. The molecule has 0 saturated heterocycles. The van der Waals surface area contributed by atoms with Crippen LogP contribution in [0.5, 0.6) is 0 Å². The van der Waals surface area contributed by atoms with Gasteiger partial charge in [-0.3, -0.25) is 0 Å². The summed E-state index contributed by atoms with van der Waals surface area (Å²) >= 11 is 9.16. The smallest absolute Gasteiger partial charge is 0.0418 e. The molecule has 0 aromatic heterocycles. The fourth-order valence-corrected chi connectivity index (χ4v) is 1.60. The van der Waals surface area contributed by atoms with Crippen LogP contribution in [0, 0.1) is 11.8 Å². The minimum absolute atomic E-state index is 0.595. The van der Waals surface area contributed by atoms with Gasteiger partial charge < -0.3 is 5.73 Å². The molecular formula is C10H9BrClN. The Morgan fingerprint density at radius 2 is 2.23 bits per heavy atom. The molecule has 2 N–H and O–H groups in total. The minimum Gasteiger partial charge on any atom is -0.330 e. The van der Waals surface area contributed by atoms with Gasteiger partial charge in [-0.05, 0) is 34.1 Å². The fraction of sp³-hybridized carbons (Fsp3) is 0.200. The maximum absolute atomic E-state index is 5.78. The van der Waals surface area contributed by atoms with E-state index in [2.05, 4.69) is 27.8 Å². The number of hydrogen-bond acceptors (Lipinski definition) is 1. The summed E-state index contributed by atoms with van der Waals surface area (Å²) in [5, 5.41) is 0.705. The quantitative estimate of drug-likeness (QED) is 0.770. The van der Waals surface area contributed by atoms with Crippen molar-refractivity contribution in [3.63, 3.8) is 0 Å². The van der Waals surface area contributed by atoms with Crippen LogP contribution < -0.4 is 5.73 Å². The van der Waals surface area contributed by atoms with Crippen LogP contribution in [0.3, 0.4) is 0 Å². The molecule has 1 nitrogen and oxygen atoms in total. The molecule has 1 aromatic carbocycles. The van der Waals surface area contributed by atoms with Crippen LogP contribution in [0.1, 0.15) is 12.0 Å². The summed E-state index contributed by atoms with van der Waals surface area (Å²) in [7, 11) is 0. The summed E-state index contributed by atoms with van der Waals surface area (Å²) in [6.07, 6.45) is 0.717. The summed E-state index contributed by atoms with van der Waals surface area (Å²) in [6, 6.07) is 5.53. The number of nitrogens with two attached hydrogens (primary N) is 1. The van der Waals surface area contributed by atoms with E-state index in [4.69, 9.17) is 17.3 Å². The zero-order chi connectivity index (χ0) is 9.68. The molecule has 0 aliphatic carbocycles. The molecule has 0 unspecified atom stereocenters. The Morgan fingerprint density at radius 3 is 2.85 bits per heavy atom. The predicted octanol–water partition coefficient (Wildman–Crippen LogP) is 2.80. The molecule has 0 radical (unpaired) electrons. The Morgan fingerprint density at radius 1 is 1.46 bits per heavy atom. The zero-order valence-corrected chi connectivity index (χ0v) is 9.32. The van der Waals surface area contributed by atoms with Crippen molar-refractivity contribution in [3.05, 3.63) is 33.3 Å². The number of halogens is 2. The molecule has 0 amide bonds. The molecule has 0 fully saturated rings. The van der Waals surface area contributed by atoms with Gasteiger partial charge in [0, 0.05) is 28.0 Å². The molecule has 0 bridgehead atoms. The van der Waals surface area contributed by atoms with Gasteiger partial charge in [-0.2, -0.15) is 0 Å². The van der Waals surface area contributed by atoms with Gasteiger partial charge in [0.15, 0.2) is 0 Å². The molecule has 0 saturated carbocycles. The second-order valence-electron chi connectivity index (χ2n) is 2.46. The van der Waals surface area contributed by atoms with Crippen LogP contribution in [0.4, 0.5) is 0 Å². The van der Waals surface area contributed by atoms with Crippen LogP contribution in [0.15, 0.2) is 22.7 Å². The Kier molecular flexibility index (Phi) is 4.31. The first-order valence-electron chi connectivity index (χ1n) is 3.88. The van der Waals surface area contributed by atoms with Gasteiger partial charge in [-0.15, -0.1) is 0 Å². The van der Waals surface area contributed by atoms with Crippen LogP contribution in [0.2, 0.25) is 5.02 Å². The highest BCUT2D eigenvalue weighted by molar-refractivity contribution is 9.10. The van der Waals surface area contributed by atoms with Gasteiger partial charge in [0.05, 0.1) is 0 Å². The lowest BCUT2D eigenvalue weighted by Crippen LogP contribution is -1.95. The average Bonchev–Trinajstić information content (AvgIpc) is 2.09. The van der Waals surface area contributed by atoms with Crippen molar-refractivity contribution in [2.75, 3.05) is 6.54 Å². The first kappa shape index (κ1) is 10.6. The number of benzene rings is 1. The minimum atomic E-state index is 0.595. The van der Waals surface area contributed by atoms with E-state index in [-0.39, 0.29) is 0 Å². The largest absolute Gasteiger partial charge is 0.330 e. The molecule has 13 heavy (non-hydrogen) atoms. The molecule has 3 heteroatoms. The van der Waals surface area contributed by atoms with Crippen molar-refractivity contribution in [1.82, 2.24) is 0 Å². The highest BCUT2D eigenvalue weighted by Crippen LogP contribution is 2.20. The van der Waals surface area contributed by atoms with E-state index < -0.39 is 0 Å². The van der Waals surface area contributed by atoms with Crippen molar-refractivity contribution in [2.24, 2.45) is 5.73 Å². The standard InChI is InChI=1S/C10H9BrClN/c11-10-7-9(12)5-4-8(10)3-1-2-6-13/h4-5,7H,2,6,13H2. The Bertz CT molecular complexity index is 352. The highest BCUT2D eigenvalue weighted by Gasteiger charge is 1.95. The van der Waals surface area contributed by atoms with E-state index in [1.54, 1.807) is 0 Å². The van der Waals surface area contributed by atoms with Gasteiger partial charge in [-0.1, -0.05) is 23.4 Å². The summed E-state index contributed by atoms with van der Waals surface area (Å²) in [4.78, 5) is 0. The lowest BCUT2D eigenvalue weighted by molar-refractivity contribution is 1.03. The van der Waals surface area contributed by atoms with E-state index in [0.717, 1.165) is 16.5 Å². The molecule has 1 aromatic rings. The molecular weight excluding hydrogens is 249 g/mol. The lowest BCUT2D eigenvalue weighted by Gasteiger charge is -1.95. The van der Waals surface area contributed by atoms with E-state index in [9.17, 15) is 0 Å². The molecule has 0 spiro atoms. The van der Waals surface area contributed by atoms with Crippen LogP contribution >= 0.6 is 27.5 Å². The molecule has 0 atom stereocenters. The predicted molar refractivity (Wildman–Crippen MR) is 59.7 cm³/mol. The van der Waals surface area contributed by atoms with Gasteiger partial charge >= 0.3 is 0 Å².